The second kappa shape index (κ2) is 10.2. The van der Waals surface area contributed by atoms with Crippen molar-refractivity contribution in [1.29, 1.82) is 0 Å². The zero-order valence-electron chi connectivity index (χ0n) is 22.7. The molecule has 0 aliphatic carbocycles. The highest BCUT2D eigenvalue weighted by atomic mass is 19.1. The maximum atomic E-state index is 13.4. The van der Waals surface area contributed by atoms with Gasteiger partial charge in [0.2, 0.25) is 0 Å². The minimum atomic E-state index is -0.831. The molecule has 0 bridgehead atoms. The van der Waals surface area contributed by atoms with Crippen LogP contribution in [0.5, 0.6) is 0 Å². The van der Waals surface area contributed by atoms with Crippen molar-refractivity contribution in [2.45, 2.75) is 31.3 Å². The van der Waals surface area contributed by atoms with Gasteiger partial charge >= 0.3 is 0 Å². The summed E-state index contributed by atoms with van der Waals surface area (Å²) >= 11 is 0. The summed E-state index contributed by atoms with van der Waals surface area (Å²) in [6, 6.07) is 8.62. The van der Waals surface area contributed by atoms with E-state index in [1.165, 1.54) is 12.1 Å². The first-order chi connectivity index (χ1) is 20.0. The van der Waals surface area contributed by atoms with Crippen LogP contribution in [0.1, 0.15) is 42.8 Å². The van der Waals surface area contributed by atoms with E-state index in [1.807, 2.05) is 28.5 Å². The van der Waals surface area contributed by atoms with Gasteiger partial charge < -0.3 is 15.4 Å². The van der Waals surface area contributed by atoms with Gasteiger partial charge in [-0.1, -0.05) is 18.2 Å². The van der Waals surface area contributed by atoms with Gasteiger partial charge in [-0.05, 0) is 49.1 Å². The summed E-state index contributed by atoms with van der Waals surface area (Å²) in [5.41, 5.74) is 11.4. The smallest absolute Gasteiger partial charge is 0.156 e. The predicted octanol–water partition coefficient (Wildman–Crippen LogP) is 4.00. The molecule has 1 saturated heterocycles. The van der Waals surface area contributed by atoms with Crippen LogP contribution in [0.4, 0.5) is 10.2 Å². The van der Waals surface area contributed by atoms with Crippen LogP contribution in [0, 0.1) is 5.82 Å². The molecule has 2 aliphatic rings. The molecule has 208 valence electrons. The molecular formula is C30H30FN9O. The first-order valence-electron chi connectivity index (χ1n) is 13.7. The fourth-order valence-corrected chi connectivity index (χ4v) is 5.53. The lowest BCUT2D eigenvalue weighted by molar-refractivity contribution is 0.184. The van der Waals surface area contributed by atoms with Gasteiger partial charge in [0.25, 0.3) is 0 Å². The third kappa shape index (κ3) is 4.76. The number of aromatic nitrogens is 7. The summed E-state index contributed by atoms with van der Waals surface area (Å²) in [5, 5.41) is 9.02. The average molecular weight is 552 g/mol. The molecule has 5 aromatic rings. The third-order valence-electron chi connectivity index (χ3n) is 8.09. The van der Waals surface area contributed by atoms with Crippen LogP contribution in [0.2, 0.25) is 0 Å². The Hall–Kier alpha value is -4.48. The zero-order chi connectivity index (χ0) is 28.0. The molecule has 2 aliphatic heterocycles. The fourth-order valence-electron chi connectivity index (χ4n) is 5.53. The van der Waals surface area contributed by atoms with Crippen LogP contribution in [0.3, 0.4) is 0 Å². The summed E-state index contributed by atoms with van der Waals surface area (Å²) in [6.45, 7) is 4.81. The Morgan fingerprint density at radius 2 is 1.83 bits per heavy atom. The number of nitrogens with zero attached hydrogens (tertiary/aromatic N) is 8. The summed E-state index contributed by atoms with van der Waals surface area (Å²) in [5.74, 6) is 1.27. The minimum absolute atomic E-state index is 0.292. The van der Waals surface area contributed by atoms with E-state index in [-0.39, 0.29) is 5.82 Å². The van der Waals surface area contributed by atoms with Crippen molar-refractivity contribution in [1.82, 2.24) is 34.3 Å². The molecule has 6 heterocycles. The van der Waals surface area contributed by atoms with Gasteiger partial charge in [-0.15, -0.1) is 0 Å². The molecular weight excluding hydrogens is 521 g/mol. The summed E-state index contributed by atoms with van der Waals surface area (Å²) < 4.78 is 22.8. The van der Waals surface area contributed by atoms with Gasteiger partial charge in [0.1, 0.15) is 17.7 Å². The van der Waals surface area contributed by atoms with Gasteiger partial charge in [0.15, 0.2) is 11.6 Å². The molecule has 1 unspecified atom stereocenters. The Morgan fingerprint density at radius 3 is 2.56 bits per heavy atom. The van der Waals surface area contributed by atoms with E-state index >= 15 is 0 Å². The molecule has 41 heavy (non-hydrogen) atoms. The average Bonchev–Trinajstić information content (AvgIpc) is 3.78. The normalized spacial score (nSPS) is 19.0. The number of rotatable bonds is 6. The first kappa shape index (κ1) is 25.5. The number of hydrogen-bond donors (Lipinski definition) is 1. The molecule has 0 saturated carbocycles. The SMILES string of the molecule is CC(N)(c1ccc(F)cc1)c1cnc(C2=CCN(c3ncnn4cc(-c5cnn([C@@H]6CCOC6)c5)cc34)CC2)nc1. The molecule has 0 radical (unpaired) electrons. The van der Waals surface area contributed by atoms with Crippen LogP contribution in [-0.4, -0.2) is 60.6 Å². The van der Waals surface area contributed by atoms with Gasteiger partial charge in [0.05, 0.1) is 24.4 Å². The van der Waals surface area contributed by atoms with Crippen molar-refractivity contribution in [2.75, 3.05) is 31.2 Å². The van der Waals surface area contributed by atoms with Crippen LogP contribution in [0.25, 0.3) is 22.2 Å². The van der Waals surface area contributed by atoms with Crippen molar-refractivity contribution in [3.63, 3.8) is 0 Å². The topological polar surface area (TPSA) is 112 Å². The van der Waals surface area contributed by atoms with Crippen molar-refractivity contribution in [2.24, 2.45) is 5.73 Å². The van der Waals surface area contributed by atoms with E-state index in [4.69, 9.17) is 10.5 Å². The second-order valence-corrected chi connectivity index (χ2v) is 10.8. The van der Waals surface area contributed by atoms with Gasteiger partial charge in [-0.25, -0.2) is 23.9 Å². The van der Waals surface area contributed by atoms with E-state index in [9.17, 15) is 4.39 Å². The molecule has 2 N–H and O–H groups in total. The van der Waals surface area contributed by atoms with Crippen LogP contribution in [0.15, 0.2) is 73.7 Å². The monoisotopic (exact) mass is 551 g/mol. The summed E-state index contributed by atoms with van der Waals surface area (Å²) in [7, 11) is 0. The highest BCUT2D eigenvalue weighted by Crippen LogP contribution is 2.31. The van der Waals surface area contributed by atoms with Crippen molar-refractivity contribution < 1.29 is 9.13 Å². The fraction of sp³-hybridized carbons (Fsp3) is 0.300. The number of anilines is 1. The number of halogens is 1. The number of hydrogen-bond acceptors (Lipinski definition) is 8. The number of fused-ring (bicyclic) bond motifs is 1. The van der Waals surface area contributed by atoms with E-state index in [0.717, 1.165) is 65.2 Å². The Balaban J connectivity index is 1.08. The van der Waals surface area contributed by atoms with Gasteiger partial charge in [0, 0.05) is 61.2 Å². The number of ether oxygens (including phenoxy) is 1. The summed E-state index contributed by atoms with van der Waals surface area (Å²) in [6.07, 6.45) is 15.0. The van der Waals surface area contributed by atoms with E-state index in [2.05, 4.69) is 48.4 Å². The molecule has 4 aromatic heterocycles. The Kier molecular flexibility index (Phi) is 6.32. The molecule has 10 nitrogen and oxygen atoms in total. The zero-order valence-corrected chi connectivity index (χ0v) is 22.7. The molecule has 11 heteroatoms. The van der Waals surface area contributed by atoms with Crippen molar-refractivity contribution in [3.8, 4) is 11.1 Å². The first-order valence-corrected chi connectivity index (χ1v) is 13.7. The molecule has 7 rings (SSSR count). The lowest BCUT2D eigenvalue weighted by atomic mass is 9.87. The Morgan fingerprint density at radius 1 is 1.00 bits per heavy atom. The highest BCUT2D eigenvalue weighted by molar-refractivity contribution is 5.78. The van der Waals surface area contributed by atoms with Crippen LogP contribution in [-0.2, 0) is 10.3 Å². The molecule has 0 spiro atoms. The second-order valence-electron chi connectivity index (χ2n) is 10.8. The van der Waals surface area contributed by atoms with E-state index < -0.39 is 5.54 Å². The maximum absolute atomic E-state index is 13.4. The van der Waals surface area contributed by atoms with E-state index in [0.29, 0.717) is 25.0 Å². The van der Waals surface area contributed by atoms with Crippen LogP contribution >= 0.6 is 0 Å². The lowest BCUT2D eigenvalue weighted by Crippen LogP contribution is -2.34. The Labute approximate surface area is 236 Å². The quantitative estimate of drug-likeness (QED) is 0.337. The summed E-state index contributed by atoms with van der Waals surface area (Å²) in [4.78, 5) is 16.1. The molecule has 0 amide bonds. The maximum Gasteiger partial charge on any atom is 0.156 e. The van der Waals surface area contributed by atoms with Crippen molar-refractivity contribution >= 4 is 16.9 Å². The number of benzene rings is 1. The lowest BCUT2D eigenvalue weighted by Gasteiger charge is -2.28. The predicted molar refractivity (Wildman–Crippen MR) is 153 cm³/mol. The molecule has 2 atom stereocenters. The highest BCUT2D eigenvalue weighted by Gasteiger charge is 2.26. The standard InChI is InChI=1S/C30H30FN9O/c1-30(32,23-2-4-25(31)5-3-23)24-14-33-28(34-15-24)20-6-9-38(10-7-20)29-27-12-21(16-40(27)37-19-35-29)22-13-36-39(17-22)26-8-11-41-18-26/h2-6,12-17,19,26H,7-11,18,32H2,1H3/t26-,30?/m1/s1. The van der Waals surface area contributed by atoms with Gasteiger partial charge in [-0.2, -0.15) is 10.2 Å². The molecule has 1 aromatic carbocycles. The number of nitrogens with two attached hydrogens (primary N) is 1. The molecule has 1 fully saturated rings. The van der Waals surface area contributed by atoms with Crippen molar-refractivity contribution in [3.05, 3.63) is 96.5 Å². The van der Waals surface area contributed by atoms with Crippen LogP contribution < -0.4 is 10.6 Å². The third-order valence-corrected chi connectivity index (χ3v) is 8.09. The Bertz CT molecular complexity index is 1720. The largest absolute Gasteiger partial charge is 0.379 e. The van der Waals surface area contributed by atoms with Gasteiger partial charge in [-0.3, -0.25) is 4.68 Å². The minimum Gasteiger partial charge on any atom is -0.379 e. The van der Waals surface area contributed by atoms with E-state index in [1.54, 1.807) is 30.9 Å².